The first-order valence-electron chi connectivity index (χ1n) is 5.92. The first-order chi connectivity index (χ1) is 10.1. The van der Waals surface area contributed by atoms with Crippen molar-refractivity contribution in [2.75, 3.05) is 11.9 Å². The van der Waals surface area contributed by atoms with E-state index in [1.165, 1.54) is 11.3 Å². The number of anilines is 1. The fourth-order valence-corrected chi connectivity index (χ4v) is 2.69. The summed E-state index contributed by atoms with van der Waals surface area (Å²) in [5, 5.41) is 13.5. The summed E-state index contributed by atoms with van der Waals surface area (Å²) < 4.78 is 0.784. The molecule has 0 radical (unpaired) electrons. The molecule has 0 unspecified atom stereocenters. The Hall–Kier alpha value is -2.12. The van der Waals surface area contributed by atoms with Crippen molar-refractivity contribution < 1.29 is 4.79 Å². The molecule has 3 N–H and O–H groups in total. The number of hydrogen-bond acceptors (Lipinski definition) is 4. The summed E-state index contributed by atoms with van der Waals surface area (Å²) in [7, 11) is 0. The summed E-state index contributed by atoms with van der Waals surface area (Å²) in [6.45, 7) is 0.282. The third-order valence-electron chi connectivity index (χ3n) is 2.53. The van der Waals surface area contributed by atoms with E-state index in [4.69, 9.17) is 11.0 Å². The second-order valence-electron chi connectivity index (χ2n) is 3.96. The lowest BCUT2D eigenvalue weighted by molar-refractivity contribution is 0.102. The lowest BCUT2D eigenvalue weighted by Crippen LogP contribution is -2.11. The smallest absolute Gasteiger partial charge is 0.256 e. The molecule has 0 saturated heterocycles. The van der Waals surface area contributed by atoms with Crippen LogP contribution < -0.4 is 11.1 Å². The van der Waals surface area contributed by atoms with Gasteiger partial charge in [-0.2, -0.15) is 5.26 Å². The van der Waals surface area contributed by atoms with E-state index in [0.717, 1.165) is 9.35 Å². The molecule has 0 saturated carbocycles. The molecule has 4 nitrogen and oxygen atoms in total. The number of amides is 1. The van der Waals surface area contributed by atoms with Crippen LogP contribution in [-0.2, 0) is 0 Å². The SMILES string of the molecule is N#Cc1cc(Br)ccc1NC(=O)c1csc(C#CCN)c1. The summed E-state index contributed by atoms with van der Waals surface area (Å²) in [5.41, 5.74) is 6.69. The predicted molar refractivity (Wildman–Crippen MR) is 87.1 cm³/mol. The first-order valence-corrected chi connectivity index (χ1v) is 7.60. The topological polar surface area (TPSA) is 78.9 Å². The van der Waals surface area contributed by atoms with Crippen molar-refractivity contribution in [2.45, 2.75) is 0 Å². The molecule has 1 heterocycles. The molecule has 0 spiro atoms. The Morgan fingerprint density at radius 2 is 2.24 bits per heavy atom. The molecule has 0 aliphatic carbocycles. The third kappa shape index (κ3) is 3.93. The number of thiophene rings is 1. The van der Waals surface area contributed by atoms with Crippen LogP contribution in [0.3, 0.4) is 0 Å². The van der Waals surface area contributed by atoms with Gasteiger partial charge in [-0.15, -0.1) is 11.3 Å². The van der Waals surface area contributed by atoms with E-state index in [0.29, 0.717) is 16.8 Å². The molecular weight excluding hydrogens is 350 g/mol. The summed E-state index contributed by atoms with van der Waals surface area (Å²) in [6, 6.07) is 8.85. The first kappa shape index (κ1) is 15.3. The van der Waals surface area contributed by atoms with Gasteiger partial charge in [-0.3, -0.25) is 4.79 Å². The van der Waals surface area contributed by atoms with Crippen molar-refractivity contribution >= 4 is 38.9 Å². The molecule has 1 aromatic carbocycles. The van der Waals surface area contributed by atoms with Crippen LogP contribution in [-0.4, -0.2) is 12.5 Å². The van der Waals surface area contributed by atoms with Gasteiger partial charge in [0.05, 0.1) is 28.2 Å². The van der Waals surface area contributed by atoms with Gasteiger partial charge in [-0.25, -0.2) is 0 Å². The van der Waals surface area contributed by atoms with Gasteiger partial charge >= 0.3 is 0 Å². The van der Waals surface area contributed by atoms with Gasteiger partial charge in [0.2, 0.25) is 0 Å². The predicted octanol–water partition coefficient (Wildman–Crippen LogP) is 2.94. The number of carbonyl (C=O) groups excluding carboxylic acids is 1. The Morgan fingerprint density at radius 3 is 2.95 bits per heavy atom. The van der Waals surface area contributed by atoms with E-state index < -0.39 is 0 Å². The average Bonchev–Trinajstić information content (AvgIpc) is 2.95. The summed E-state index contributed by atoms with van der Waals surface area (Å²) in [4.78, 5) is 12.9. The van der Waals surface area contributed by atoms with E-state index >= 15 is 0 Å². The molecule has 0 fully saturated rings. The largest absolute Gasteiger partial charge is 0.321 e. The van der Waals surface area contributed by atoms with Crippen molar-refractivity contribution in [3.05, 3.63) is 50.1 Å². The molecule has 2 rings (SSSR count). The number of rotatable bonds is 2. The van der Waals surface area contributed by atoms with Crippen LogP contribution in [0.4, 0.5) is 5.69 Å². The van der Waals surface area contributed by atoms with Crippen LogP contribution in [0.25, 0.3) is 0 Å². The standard InChI is InChI=1S/C15H10BrN3OS/c16-12-3-4-14(10(6-12)8-18)19-15(20)11-7-13(21-9-11)2-1-5-17/h3-4,6-7,9H,5,17H2,(H,19,20). The summed E-state index contributed by atoms with van der Waals surface area (Å²) in [5.74, 6) is 5.35. The van der Waals surface area contributed by atoms with E-state index in [9.17, 15) is 4.79 Å². The van der Waals surface area contributed by atoms with Gasteiger partial charge in [0.15, 0.2) is 0 Å². The molecule has 0 aliphatic rings. The Bertz CT molecular complexity index is 780. The highest BCUT2D eigenvalue weighted by Crippen LogP contribution is 2.22. The van der Waals surface area contributed by atoms with Gasteiger partial charge in [-0.05, 0) is 24.3 Å². The maximum Gasteiger partial charge on any atom is 0.256 e. The molecule has 21 heavy (non-hydrogen) atoms. The monoisotopic (exact) mass is 359 g/mol. The maximum absolute atomic E-state index is 12.2. The number of carbonyl (C=O) groups is 1. The Morgan fingerprint density at radius 1 is 1.43 bits per heavy atom. The van der Waals surface area contributed by atoms with Crippen molar-refractivity contribution in [3.63, 3.8) is 0 Å². The minimum Gasteiger partial charge on any atom is -0.321 e. The molecule has 0 bridgehead atoms. The van der Waals surface area contributed by atoms with E-state index in [-0.39, 0.29) is 12.5 Å². The quantitative estimate of drug-likeness (QED) is 0.809. The zero-order valence-corrected chi connectivity index (χ0v) is 13.2. The normalized spacial score (nSPS) is 9.38. The van der Waals surface area contributed by atoms with Gasteiger partial charge < -0.3 is 11.1 Å². The second-order valence-corrected chi connectivity index (χ2v) is 5.79. The number of nitrogens with two attached hydrogens (primary N) is 1. The molecule has 0 atom stereocenters. The molecule has 2 aromatic rings. The van der Waals surface area contributed by atoms with E-state index in [1.54, 1.807) is 29.6 Å². The number of hydrogen-bond donors (Lipinski definition) is 2. The maximum atomic E-state index is 12.2. The minimum absolute atomic E-state index is 0.272. The Labute approximate surface area is 134 Å². The van der Waals surface area contributed by atoms with Gasteiger partial charge in [-0.1, -0.05) is 27.8 Å². The van der Waals surface area contributed by atoms with Crippen molar-refractivity contribution in [3.8, 4) is 17.9 Å². The molecule has 6 heteroatoms. The van der Waals surface area contributed by atoms with E-state index in [2.05, 4.69) is 33.1 Å². The number of nitrogens with one attached hydrogen (secondary N) is 1. The number of halogens is 1. The summed E-state index contributed by atoms with van der Waals surface area (Å²) in [6.07, 6.45) is 0. The molecular formula is C15H10BrN3OS. The Balaban J connectivity index is 2.19. The molecule has 0 aliphatic heterocycles. The lowest BCUT2D eigenvalue weighted by Gasteiger charge is -2.06. The molecule has 1 aromatic heterocycles. The zero-order valence-electron chi connectivity index (χ0n) is 10.8. The van der Waals surface area contributed by atoms with Gasteiger partial charge in [0.25, 0.3) is 5.91 Å². The van der Waals surface area contributed by atoms with Crippen molar-refractivity contribution in [1.82, 2.24) is 0 Å². The van der Waals surface area contributed by atoms with Crippen LogP contribution in [0.2, 0.25) is 0 Å². The van der Waals surface area contributed by atoms with Crippen molar-refractivity contribution in [1.29, 1.82) is 5.26 Å². The van der Waals surface area contributed by atoms with Crippen LogP contribution in [0.1, 0.15) is 20.8 Å². The fraction of sp³-hybridized carbons (Fsp3) is 0.0667. The van der Waals surface area contributed by atoms with Crippen LogP contribution in [0, 0.1) is 23.2 Å². The average molecular weight is 360 g/mol. The van der Waals surface area contributed by atoms with Crippen molar-refractivity contribution in [2.24, 2.45) is 5.73 Å². The number of nitriles is 1. The number of nitrogens with zero attached hydrogens (tertiary/aromatic N) is 1. The van der Waals surface area contributed by atoms with Crippen LogP contribution in [0.15, 0.2) is 34.1 Å². The highest BCUT2D eigenvalue weighted by atomic mass is 79.9. The third-order valence-corrected chi connectivity index (χ3v) is 3.86. The minimum atomic E-state index is -0.272. The number of benzene rings is 1. The highest BCUT2D eigenvalue weighted by Gasteiger charge is 2.11. The van der Waals surface area contributed by atoms with E-state index in [1.807, 2.05) is 6.07 Å². The van der Waals surface area contributed by atoms with Gasteiger partial charge in [0.1, 0.15) is 6.07 Å². The molecule has 104 valence electrons. The van der Waals surface area contributed by atoms with Gasteiger partial charge in [0, 0.05) is 9.85 Å². The Kier molecular flexibility index (Phi) is 5.13. The lowest BCUT2D eigenvalue weighted by atomic mass is 10.2. The molecule has 1 amide bonds. The van der Waals surface area contributed by atoms with Crippen LogP contribution in [0.5, 0.6) is 0 Å². The fourth-order valence-electron chi connectivity index (χ4n) is 1.57. The second kappa shape index (κ2) is 7.05. The van der Waals surface area contributed by atoms with Crippen LogP contribution >= 0.6 is 27.3 Å². The summed E-state index contributed by atoms with van der Waals surface area (Å²) >= 11 is 4.67. The zero-order chi connectivity index (χ0) is 15.2. The highest BCUT2D eigenvalue weighted by molar-refractivity contribution is 9.10.